The largest absolute Gasteiger partial charge is 0.394 e. The van der Waals surface area contributed by atoms with Crippen LogP contribution in [0.4, 0.5) is 0 Å². The Bertz CT molecular complexity index is 263. The van der Waals surface area contributed by atoms with Gasteiger partial charge in [-0.05, 0) is 71.5 Å². The second-order valence-electron chi connectivity index (χ2n) is 6.86. The fraction of sp³-hybridized carbons (Fsp3) is 1.00. The molecule has 112 valence electrons. The van der Waals surface area contributed by atoms with Gasteiger partial charge in [-0.2, -0.15) is 0 Å². The lowest BCUT2D eigenvalue weighted by Crippen LogP contribution is -2.48. The molecule has 0 aromatic carbocycles. The Labute approximate surface area is 118 Å². The minimum absolute atomic E-state index is 0.0955. The first kappa shape index (κ1) is 15.3. The summed E-state index contributed by atoms with van der Waals surface area (Å²) in [4.78, 5) is 2.75. The average molecular weight is 268 g/mol. The summed E-state index contributed by atoms with van der Waals surface area (Å²) in [6, 6.07) is 0.873. The third-order valence-electron chi connectivity index (χ3n) is 5.48. The van der Waals surface area contributed by atoms with Crippen molar-refractivity contribution in [2.75, 3.05) is 26.7 Å². The molecule has 2 aliphatic rings. The second-order valence-corrected chi connectivity index (χ2v) is 6.86. The number of nitrogens with zero attached hydrogens (tertiary/aromatic N) is 1. The first-order chi connectivity index (χ1) is 9.18. The number of likely N-dealkylation sites (tertiary alicyclic amines) is 1. The predicted molar refractivity (Wildman–Crippen MR) is 80.3 cm³/mol. The van der Waals surface area contributed by atoms with E-state index in [1.807, 2.05) is 7.05 Å². The molecule has 0 spiro atoms. The molecule has 0 amide bonds. The van der Waals surface area contributed by atoms with Gasteiger partial charge in [0.1, 0.15) is 0 Å². The van der Waals surface area contributed by atoms with Gasteiger partial charge in [-0.15, -0.1) is 0 Å². The Morgan fingerprint density at radius 3 is 2.68 bits per heavy atom. The number of rotatable bonds is 6. The van der Waals surface area contributed by atoms with E-state index in [4.69, 9.17) is 0 Å². The van der Waals surface area contributed by atoms with Gasteiger partial charge < -0.3 is 15.3 Å². The summed E-state index contributed by atoms with van der Waals surface area (Å²) in [6.07, 6.45) is 10.9. The number of likely N-dealkylation sites (N-methyl/N-ethyl adjacent to an activating group) is 1. The van der Waals surface area contributed by atoms with Crippen molar-refractivity contribution >= 4 is 0 Å². The fourth-order valence-corrected chi connectivity index (χ4v) is 3.96. The molecule has 2 rings (SSSR count). The highest BCUT2D eigenvalue weighted by atomic mass is 16.3. The van der Waals surface area contributed by atoms with E-state index in [0.717, 1.165) is 18.4 Å². The number of fused-ring (bicyclic) bond motifs is 1. The van der Waals surface area contributed by atoms with E-state index < -0.39 is 0 Å². The molecule has 1 aliphatic heterocycles. The van der Waals surface area contributed by atoms with Crippen LogP contribution >= 0.6 is 0 Å². The van der Waals surface area contributed by atoms with Gasteiger partial charge >= 0.3 is 0 Å². The molecule has 1 aliphatic carbocycles. The summed E-state index contributed by atoms with van der Waals surface area (Å²) < 4.78 is 0. The van der Waals surface area contributed by atoms with Gasteiger partial charge in [-0.1, -0.05) is 12.8 Å². The first-order valence-electron chi connectivity index (χ1n) is 8.22. The van der Waals surface area contributed by atoms with Gasteiger partial charge in [-0.3, -0.25) is 0 Å². The van der Waals surface area contributed by atoms with Gasteiger partial charge in [0, 0.05) is 11.6 Å². The molecular formula is C16H32N2O. The van der Waals surface area contributed by atoms with E-state index >= 15 is 0 Å². The van der Waals surface area contributed by atoms with E-state index in [1.54, 1.807) is 0 Å². The SMILES string of the molecule is CNC(C)(CO)CCCN1CCC[C@H]2CCCC[C@H]21. The van der Waals surface area contributed by atoms with Crippen molar-refractivity contribution in [1.29, 1.82) is 0 Å². The van der Waals surface area contributed by atoms with Crippen LogP contribution in [0.5, 0.6) is 0 Å². The lowest BCUT2D eigenvalue weighted by molar-refractivity contribution is 0.0562. The van der Waals surface area contributed by atoms with Gasteiger partial charge in [-0.25, -0.2) is 0 Å². The molecule has 3 atom stereocenters. The molecule has 0 bridgehead atoms. The van der Waals surface area contributed by atoms with Crippen molar-refractivity contribution in [1.82, 2.24) is 10.2 Å². The summed E-state index contributed by atoms with van der Waals surface area (Å²) in [6.45, 7) is 4.87. The fourth-order valence-electron chi connectivity index (χ4n) is 3.96. The van der Waals surface area contributed by atoms with Crippen molar-refractivity contribution in [2.45, 2.75) is 69.9 Å². The zero-order valence-corrected chi connectivity index (χ0v) is 12.8. The highest BCUT2D eigenvalue weighted by molar-refractivity contribution is 4.88. The van der Waals surface area contributed by atoms with E-state index in [9.17, 15) is 5.11 Å². The zero-order chi connectivity index (χ0) is 13.7. The summed E-state index contributed by atoms with van der Waals surface area (Å²) in [5, 5.41) is 12.7. The van der Waals surface area contributed by atoms with Crippen LogP contribution in [0.1, 0.15) is 58.3 Å². The molecule has 2 N–H and O–H groups in total. The Morgan fingerprint density at radius 1 is 1.21 bits per heavy atom. The van der Waals surface area contributed by atoms with Crippen molar-refractivity contribution in [3.8, 4) is 0 Å². The maximum atomic E-state index is 9.43. The summed E-state index contributed by atoms with van der Waals surface area (Å²) in [5.74, 6) is 0.982. The van der Waals surface area contributed by atoms with E-state index in [-0.39, 0.29) is 12.1 Å². The second kappa shape index (κ2) is 7.05. The molecule has 2 fully saturated rings. The van der Waals surface area contributed by atoms with Crippen LogP contribution in [0.15, 0.2) is 0 Å². The van der Waals surface area contributed by atoms with Crippen molar-refractivity contribution in [2.24, 2.45) is 5.92 Å². The summed E-state index contributed by atoms with van der Waals surface area (Å²) >= 11 is 0. The van der Waals surface area contributed by atoms with Gasteiger partial charge in [0.15, 0.2) is 0 Å². The van der Waals surface area contributed by atoms with Crippen LogP contribution in [0.2, 0.25) is 0 Å². The number of aliphatic hydroxyl groups excluding tert-OH is 1. The maximum Gasteiger partial charge on any atom is 0.0610 e. The molecule has 1 unspecified atom stereocenters. The van der Waals surface area contributed by atoms with E-state index in [2.05, 4.69) is 17.1 Å². The van der Waals surface area contributed by atoms with Gasteiger partial charge in [0.25, 0.3) is 0 Å². The number of aliphatic hydroxyl groups is 1. The number of hydrogen-bond acceptors (Lipinski definition) is 3. The van der Waals surface area contributed by atoms with E-state index in [1.165, 1.54) is 58.0 Å². The molecule has 0 aromatic rings. The topological polar surface area (TPSA) is 35.5 Å². The van der Waals surface area contributed by atoms with Crippen LogP contribution in [0.25, 0.3) is 0 Å². The number of hydrogen-bond donors (Lipinski definition) is 2. The van der Waals surface area contributed by atoms with Crippen LogP contribution in [-0.4, -0.2) is 48.3 Å². The summed E-state index contributed by atoms with van der Waals surface area (Å²) in [7, 11) is 1.95. The molecule has 1 heterocycles. The molecule has 3 heteroatoms. The van der Waals surface area contributed by atoms with E-state index in [0.29, 0.717) is 0 Å². The van der Waals surface area contributed by atoms with Crippen molar-refractivity contribution in [3.63, 3.8) is 0 Å². The Hall–Kier alpha value is -0.120. The Morgan fingerprint density at radius 2 is 1.95 bits per heavy atom. The molecule has 19 heavy (non-hydrogen) atoms. The van der Waals surface area contributed by atoms with Crippen LogP contribution in [0.3, 0.4) is 0 Å². The predicted octanol–water partition coefficient (Wildman–Crippen LogP) is 2.39. The smallest absolute Gasteiger partial charge is 0.0610 e. The number of nitrogens with one attached hydrogen (secondary N) is 1. The van der Waals surface area contributed by atoms with Crippen LogP contribution < -0.4 is 5.32 Å². The lowest BCUT2D eigenvalue weighted by Gasteiger charge is -2.44. The Kier molecular flexibility index (Phi) is 5.67. The minimum Gasteiger partial charge on any atom is -0.394 e. The van der Waals surface area contributed by atoms with Gasteiger partial charge in [0.05, 0.1) is 6.61 Å². The van der Waals surface area contributed by atoms with Crippen LogP contribution in [-0.2, 0) is 0 Å². The third kappa shape index (κ3) is 3.93. The van der Waals surface area contributed by atoms with Gasteiger partial charge in [0.2, 0.25) is 0 Å². The standard InChI is InChI=1S/C16H32N2O/c1-16(13-19,17-2)10-6-12-18-11-5-8-14-7-3-4-9-15(14)18/h14-15,17,19H,3-13H2,1-2H3/t14-,15-,16?/m1/s1. The number of piperidine rings is 1. The van der Waals surface area contributed by atoms with Crippen molar-refractivity contribution < 1.29 is 5.11 Å². The normalized spacial score (nSPS) is 31.7. The average Bonchev–Trinajstić information content (AvgIpc) is 2.47. The minimum atomic E-state index is -0.0955. The third-order valence-corrected chi connectivity index (χ3v) is 5.48. The molecule has 0 aromatic heterocycles. The summed E-state index contributed by atoms with van der Waals surface area (Å²) in [5.41, 5.74) is -0.0955. The zero-order valence-electron chi connectivity index (χ0n) is 12.8. The molecule has 3 nitrogen and oxygen atoms in total. The monoisotopic (exact) mass is 268 g/mol. The lowest BCUT2D eigenvalue weighted by atomic mass is 9.78. The molecule has 1 saturated carbocycles. The van der Waals surface area contributed by atoms with Crippen molar-refractivity contribution in [3.05, 3.63) is 0 Å². The maximum absolute atomic E-state index is 9.43. The highest BCUT2D eigenvalue weighted by Crippen LogP contribution is 2.35. The molecular weight excluding hydrogens is 236 g/mol. The Balaban J connectivity index is 1.78. The quantitative estimate of drug-likeness (QED) is 0.776. The molecule has 1 saturated heterocycles. The van der Waals surface area contributed by atoms with Crippen LogP contribution in [0, 0.1) is 5.92 Å². The first-order valence-corrected chi connectivity index (χ1v) is 8.22. The molecule has 0 radical (unpaired) electrons. The highest BCUT2D eigenvalue weighted by Gasteiger charge is 2.33.